The maximum atomic E-state index is 9.69. The van der Waals surface area contributed by atoms with Crippen LogP contribution in [0, 0.1) is 0 Å². The third-order valence-electron chi connectivity index (χ3n) is 3.11. The van der Waals surface area contributed by atoms with Crippen LogP contribution in [-0.4, -0.2) is 43.6 Å². The lowest BCUT2D eigenvalue weighted by Crippen LogP contribution is -2.37. The summed E-state index contributed by atoms with van der Waals surface area (Å²) in [6, 6.07) is 7.01. The van der Waals surface area contributed by atoms with E-state index in [1.54, 1.807) is 31.3 Å². The number of aliphatic hydroxyl groups excluding tert-OH is 2. The molecule has 1 aromatic heterocycles. The van der Waals surface area contributed by atoms with Crippen LogP contribution in [0.1, 0.15) is 11.4 Å². The largest absolute Gasteiger partial charge is 0.395 e. The van der Waals surface area contributed by atoms with Gasteiger partial charge in [-0.05, 0) is 22.9 Å². The fourth-order valence-electron chi connectivity index (χ4n) is 1.95. The summed E-state index contributed by atoms with van der Waals surface area (Å²) in [6.45, 7) is -0.438. The van der Waals surface area contributed by atoms with Crippen molar-refractivity contribution in [2.75, 3.05) is 13.2 Å². The van der Waals surface area contributed by atoms with Gasteiger partial charge in [0.05, 0.1) is 20.3 Å². The minimum absolute atomic E-state index is 0.219. The Morgan fingerprint density at radius 3 is 2.32 bits per heavy atom. The summed E-state index contributed by atoms with van der Waals surface area (Å²) in [5.74, 6) is 0.473. The van der Waals surface area contributed by atoms with Crippen LogP contribution in [0.25, 0.3) is 0 Å². The molecule has 0 bridgehead atoms. The minimum Gasteiger partial charge on any atom is -0.395 e. The number of aliphatic hydroxyl groups is 2. The van der Waals surface area contributed by atoms with E-state index in [0.717, 1.165) is 5.56 Å². The van der Waals surface area contributed by atoms with E-state index in [9.17, 15) is 10.2 Å². The van der Waals surface area contributed by atoms with E-state index in [-0.39, 0.29) is 13.2 Å². The van der Waals surface area contributed by atoms with Gasteiger partial charge in [-0.15, -0.1) is 10.2 Å². The van der Waals surface area contributed by atoms with Crippen LogP contribution in [0.3, 0.4) is 0 Å². The van der Waals surface area contributed by atoms with Gasteiger partial charge in [-0.3, -0.25) is 0 Å². The number of tetrazole rings is 1. The van der Waals surface area contributed by atoms with Gasteiger partial charge in [0.25, 0.3) is 0 Å². The third-order valence-corrected chi connectivity index (χ3v) is 3.36. The van der Waals surface area contributed by atoms with Crippen molar-refractivity contribution in [3.05, 3.63) is 40.7 Å². The van der Waals surface area contributed by atoms with Crippen LogP contribution in [0.4, 0.5) is 0 Å². The molecule has 102 valence electrons. The van der Waals surface area contributed by atoms with Crippen molar-refractivity contribution in [1.29, 1.82) is 0 Å². The van der Waals surface area contributed by atoms with Crippen LogP contribution in [0.2, 0.25) is 5.02 Å². The maximum Gasteiger partial charge on any atom is 0.175 e. The average molecular weight is 283 g/mol. The van der Waals surface area contributed by atoms with Crippen molar-refractivity contribution < 1.29 is 10.2 Å². The molecular formula is C12H15ClN4O2. The summed E-state index contributed by atoms with van der Waals surface area (Å²) in [4.78, 5) is 1.34. The summed E-state index contributed by atoms with van der Waals surface area (Å²) >= 11 is 5.85. The normalized spacial score (nSPS) is 11.8. The average Bonchev–Trinajstić information content (AvgIpc) is 2.82. The molecule has 0 aliphatic carbocycles. The zero-order valence-corrected chi connectivity index (χ0v) is 11.2. The molecule has 0 fully saturated rings. The van der Waals surface area contributed by atoms with Gasteiger partial charge in [-0.25, -0.2) is 0 Å². The zero-order valence-electron chi connectivity index (χ0n) is 10.5. The molecule has 0 aliphatic heterocycles. The molecule has 0 amide bonds. The van der Waals surface area contributed by atoms with E-state index in [1.807, 2.05) is 0 Å². The summed E-state index contributed by atoms with van der Waals surface area (Å²) in [5.41, 5.74) is -0.0532. The number of nitrogens with zero attached hydrogens (tertiary/aromatic N) is 4. The Morgan fingerprint density at radius 1 is 1.21 bits per heavy atom. The number of rotatable bonds is 5. The highest BCUT2D eigenvalue weighted by Crippen LogP contribution is 2.28. The Balaban J connectivity index is 2.33. The highest BCUT2D eigenvalue weighted by atomic mass is 35.5. The molecule has 0 unspecified atom stereocenters. The first-order chi connectivity index (χ1) is 9.09. The van der Waals surface area contributed by atoms with Gasteiger partial charge in [0, 0.05) is 16.9 Å². The van der Waals surface area contributed by atoms with Crippen LogP contribution < -0.4 is 0 Å². The molecule has 2 rings (SSSR count). The van der Waals surface area contributed by atoms with Gasteiger partial charge in [0.15, 0.2) is 5.82 Å². The predicted molar refractivity (Wildman–Crippen MR) is 69.8 cm³/mol. The second-order valence-corrected chi connectivity index (χ2v) is 4.91. The van der Waals surface area contributed by atoms with E-state index in [1.165, 1.54) is 4.80 Å². The molecule has 0 spiro atoms. The lowest BCUT2D eigenvalue weighted by atomic mass is 9.79. The molecule has 0 saturated heterocycles. The van der Waals surface area contributed by atoms with Crippen molar-refractivity contribution >= 4 is 11.6 Å². The Labute approximate surface area is 115 Å². The van der Waals surface area contributed by atoms with Crippen molar-refractivity contribution in [3.8, 4) is 0 Å². The molecule has 1 heterocycles. The Morgan fingerprint density at radius 2 is 1.84 bits per heavy atom. The molecular weight excluding hydrogens is 268 g/mol. The molecule has 2 N–H and O–H groups in total. The first-order valence-electron chi connectivity index (χ1n) is 5.80. The third kappa shape index (κ3) is 2.91. The molecule has 0 atom stereocenters. The molecule has 0 aliphatic rings. The van der Waals surface area contributed by atoms with E-state index in [4.69, 9.17) is 11.6 Å². The van der Waals surface area contributed by atoms with Crippen LogP contribution in [0.5, 0.6) is 0 Å². The van der Waals surface area contributed by atoms with E-state index in [0.29, 0.717) is 17.3 Å². The summed E-state index contributed by atoms with van der Waals surface area (Å²) < 4.78 is 0. The highest BCUT2D eigenvalue weighted by molar-refractivity contribution is 6.30. The van der Waals surface area contributed by atoms with Gasteiger partial charge in [0.2, 0.25) is 0 Å². The molecule has 6 nitrogen and oxygen atoms in total. The van der Waals surface area contributed by atoms with Crippen molar-refractivity contribution in [1.82, 2.24) is 20.2 Å². The second kappa shape index (κ2) is 5.64. The fourth-order valence-corrected chi connectivity index (χ4v) is 2.07. The lowest BCUT2D eigenvalue weighted by molar-refractivity contribution is 0.114. The molecule has 1 aromatic carbocycles. The Kier molecular flexibility index (Phi) is 4.14. The van der Waals surface area contributed by atoms with E-state index in [2.05, 4.69) is 15.4 Å². The number of aromatic nitrogens is 4. The van der Waals surface area contributed by atoms with Gasteiger partial charge >= 0.3 is 0 Å². The first-order valence-corrected chi connectivity index (χ1v) is 6.18. The number of aryl methyl sites for hydroxylation is 1. The molecule has 0 radical (unpaired) electrons. The molecule has 7 heteroatoms. The molecule has 2 aromatic rings. The van der Waals surface area contributed by atoms with Crippen LogP contribution in [0.15, 0.2) is 24.3 Å². The number of halogens is 1. The van der Waals surface area contributed by atoms with Crippen LogP contribution >= 0.6 is 11.6 Å². The second-order valence-electron chi connectivity index (χ2n) is 4.48. The molecule has 0 saturated carbocycles. The van der Waals surface area contributed by atoms with Gasteiger partial charge in [-0.1, -0.05) is 23.7 Å². The maximum absolute atomic E-state index is 9.69. The van der Waals surface area contributed by atoms with Crippen LogP contribution in [-0.2, 0) is 18.9 Å². The topological polar surface area (TPSA) is 84.1 Å². The fraction of sp³-hybridized carbons (Fsp3) is 0.417. The number of hydrogen-bond donors (Lipinski definition) is 2. The lowest BCUT2D eigenvalue weighted by Gasteiger charge is -2.29. The Bertz CT molecular complexity index is 537. The summed E-state index contributed by atoms with van der Waals surface area (Å²) in [5, 5.41) is 31.7. The Hall–Kier alpha value is -1.50. The van der Waals surface area contributed by atoms with E-state index >= 15 is 0 Å². The quantitative estimate of drug-likeness (QED) is 0.826. The highest BCUT2D eigenvalue weighted by Gasteiger charge is 2.33. The SMILES string of the molecule is Cn1nnc(CC(CO)(CO)c2ccc(Cl)cc2)n1. The number of hydrogen-bond acceptors (Lipinski definition) is 5. The summed E-state index contributed by atoms with van der Waals surface area (Å²) in [6.07, 6.45) is 0.301. The van der Waals surface area contributed by atoms with Gasteiger partial charge < -0.3 is 10.2 Å². The van der Waals surface area contributed by atoms with Crippen molar-refractivity contribution in [3.63, 3.8) is 0 Å². The predicted octanol–water partition coefficient (Wildman–Crippen LogP) is 0.329. The monoisotopic (exact) mass is 282 g/mol. The van der Waals surface area contributed by atoms with E-state index < -0.39 is 5.41 Å². The zero-order chi connectivity index (χ0) is 13.9. The minimum atomic E-state index is -0.840. The van der Waals surface area contributed by atoms with Gasteiger partial charge in [-0.2, -0.15) is 4.80 Å². The molecule has 19 heavy (non-hydrogen) atoms. The smallest absolute Gasteiger partial charge is 0.175 e. The summed E-state index contributed by atoms with van der Waals surface area (Å²) in [7, 11) is 1.67. The number of benzene rings is 1. The first kappa shape index (κ1) is 13.9. The van der Waals surface area contributed by atoms with Gasteiger partial charge in [0.1, 0.15) is 0 Å². The van der Waals surface area contributed by atoms with Crippen molar-refractivity contribution in [2.45, 2.75) is 11.8 Å². The standard InChI is InChI=1S/C12H15ClN4O2/c1-17-15-11(14-16-17)6-12(7-18,8-19)9-2-4-10(13)5-3-9/h2-5,18-19H,6-8H2,1H3. The van der Waals surface area contributed by atoms with Crippen molar-refractivity contribution in [2.24, 2.45) is 7.05 Å².